The summed E-state index contributed by atoms with van der Waals surface area (Å²) in [6.07, 6.45) is 0.155. The number of carbonyl (C=O) groups is 1. The van der Waals surface area contributed by atoms with Crippen LogP contribution in [0.4, 0.5) is 17.1 Å². The molecule has 0 bridgehead atoms. The maximum atomic E-state index is 11.9. The number of benzene rings is 1. The molecule has 1 heterocycles. The fraction of sp³-hybridized carbons (Fsp3) is 0.364. The Bertz CT molecular complexity index is 583. The predicted octanol–water partition coefficient (Wildman–Crippen LogP) is 2.31. The molecule has 1 aromatic rings. The minimum atomic E-state index is -0.704. The van der Waals surface area contributed by atoms with Crippen molar-refractivity contribution in [2.24, 2.45) is 0 Å². The van der Waals surface area contributed by atoms with Gasteiger partial charge in [0, 0.05) is 29.9 Å². The number of hydrogen-bond donors (Lipinski definition) is 0. The Morgan fingerprint density at radius 2 is 1.75 bits per heavy atom. The van der Waals surface area contributed by atoms with E-state index >= 15 is 0 Å². The molecule has 1 aromatic carbocycles. The van der Waals surface area contributed by atoms with E-state index in [4.69, 9.17) is 0 Å². The molecule has 1 unspecified atom stereocenters. The lowest BCUT2D eigenvalue weighted by molar-refractivity contribution is -0.392. The first-order valence-electron chi connectivity index (χ1n) is 5.69. The van der Waals surface area contributed by atoms with Crippen LogP contribution >= 0.6 is 15.9 Å². The minimum absolute atomic E-state index is 0.155. The van der Waals surface area contributed by atoms with Crippen molar-refractivity contribution in [1.29, 1.82) is 0 Å². The summed E-state index contributed by atoms with van der Waals surface area (Å²) < 4.78 is 0. The topological polar surface area (TPSA) is 107 Å². The Labute approximate surface area is 121 Å². The molecule has 2 rings (SSSR count). The van der Waals surface area contributed by atoms with Crippen molar-refractivity contribution in [2.75, 3.05) is 11.4 Å². The zero-order valence-corrected chi connectivity index (χ0v) is 12.0. The van der Waals surface area contributed by atoms with E-state index in [9.17, 15) is 25.0 Å². The molecule has 1 aliphatic heterocycles. The number of alkyl halides is 1. The number of nitrogens with zero attached hydrogens (tertiary/aromatic N) is 3. The number of nitro benzene ring substituents is 2. The number of hydrogen-bond acceptors (Lipinski definition) is 5. The molecular weight excluding hydrogens is 334 g/mol. The Balaban J connectivity index is 2.68. The third kappa shape index (κ3) is 2.48. The van der Waals surface area contributed by atoms with E-state index in [2.05, 4.69) is 15.9 Å². The third-order valence-electron chi connectivity index (χ3n) is 2.96. The van der Waals surface area contributed by atoms with Crippen LogP contribution in [0, 0.1) is 27.2 Å². The summed E-state index contributed by atoms with van der Waals surface area (Å²) >= 11 is 3.25. The lowest BCUT2D eigenvalue weighted by Crippen LogP contribution is -2.26. The zero-order chi connectivity index (χ0) is 15.0. The van der Waals surface area contributed by atoms with Crippen LogP contribution in [0.25, 0.3) is 0 Å². The van der Waals surface area contributed by atoms with Gasteiger partial charge in [-0.2, -0.15) is 0 Å². The smallest absolute Gasteiger partial charge is 0.300 e. The number of carbonyl (C=O) groups excluding carboxylic acids is 1. The van der Waals surface area contributed by atoms with E-state index < -0.39 is 21.2 Å². The Morgan fingerprint density at radius 1 is 1.25 bits per heavy atom. The van der Waals surface area contributed by atoms with Crippen molar-refractivity contribution >= 4 is 38.9 Å². The van der Waals surface area contributed by atoms with E-state index in [1.54, 1.807) is 0 Å². The maximum absolute atomic E-state index is 11.9. The van der Waals surface area contributed by atoms with Gasteiger partial charge in [0.05, 0.1) is 9.85 Å². The summed E-state index contributed by atoms with van der Waals surface area (Å²) in [6.45, 7) is 1.70. The third-order valence-corrected chi connectivity index (χ3v) is 3.57. The molecule has 1 aliphatic rings. The predicted molar refractivity (Wildman–Crippen MR) is 74.2 cm³/mol. The average molecular weight is 344 g/mol. The summed E-state index contributed by atoms with van der Waals surface area (Å²) in [5.74, 6) is -0.373. The minimum Gasteiger partial charge on any atom is -0.300 e. The number of nitro groups is 2. The molecule has 0 N–H and O–H groups in total. The van der Waals surface area contributed by atoms with Crippen LogP contribution in [0.2, 0.25) is 0 Å². The lowest BCUT2D eigenvalue weighted by atomic mass is 10.1. The number of aryl methyl sites for hydroxylation is 1. The highest BCUT2D eigenvalue weighted by Crippen LogP contribution is 2.41. The van der Waals surface area contributed by atoms with Crippen LogP contribution in [0.15, 0.2) is 12.1 Å². The summed E-state index contributed by atoms with van der Waals surface area (Å²) in [5.41, 5.74) is -0.690. The van der Waals surface area contributed by atoms with E-state index in [-0.39, 0.29) is 29.4 Å². The molecular formula is C11H10BrN3O5. The van der Waals surface area contributed by atoms with Crippen LogP contribution < -0.4 is 4.90 Å². The standard InChI is InChI=1S/C11H10BrN3O5/c1-6-2-8(14(17)18)11(9(3-6)15(19)20)13-5-7(12)4-10(13)16/h2-3,7H,4-5H2,1H3. The highest BCUT2D eigenvalue weighted by atomic mass is 79.9. The van der Waals surface area contributed by atoms with E-state index in [0.717, 1.165) is 4.90 Å². The number of amides is 1. The zero-order valence-electron chi connectivity index (χ0n) is 10.4. The highest BCUT2D eigenvalue weighted by Gasteiger charge is 2.38. The SMILES string of the molecule is Cc1cc([N+](=O)[O-])c(N2CC(Br)CC2=O)c([N+](=O)[O-])c1. The molecule has 20 heavy (non-hydrogen) atoms. The monoisotopic (exact) mass is 343 g/mol. The second kappa shape index (κ2) is 5.16. The van der Waals surface area contributed by atoms with E-state index in [1.807, 2.05) is 0 Å². The van der Waals surface area contributed by atoms with E-state index in [1.165, 1.54) is 19.1 Å². The van der Waals surface area contributed by atoms with Gasteiger partial charge in [0.25, 0.3) is 11.4 Å². The first-order chi connectivity index (χ1) is 9.31. The molecule has 0 aromatic heterocycles. The molecule has 1 fully saturated rings. The van der Waals surface area contributed by atoms with Gasteiger partial charge in [-0.05, 0) is 12.5 Å². The summed E-state index contributed by atoms with van der Waals surface area (Å²) in [7, 11) is 0. The van der Waals surface area contributed by atoms with Crippen molar-refractivity contribution in [1.82, 2.24) is 0 Å². The number of halogens is 1. The summed E-state index contributed by atoms with van der Waals surface area (Å²) in [6, 6.07) is 2.47. The fourth-order valence-corrected chi connectivity index (χ4v) is 2.74. The molecule has 8 nitrogen and oxygen atoms in total. The molecule has 9 heteroatoms. The van der Waals surface area contributed by atoms with Gasteiger partial charge < -0.3 is 0 Å². The summed E-state index contributed by atoms with van der Waals surface area (Å²) in [5, 5.41) is 22.3. The molecule has 0 spiro atoms. The highest BCUT2D eigenvalue weighted by molar-refractivity contribution is 9.09. The Morgan fingerprint density at radius 3 is 2.10 bits per heavy atom. The normalized spacial score (nSPS) is 18.4. The second-order valence-corrected chi connectivity index (χ2v) is 5.77. The first kappa shape index (κ1) is 14.4. The van der Waals surface area contributed by atoms with Gasteiger partial charge >= 0.3 is 0 Å². The molecule has 0 aliphatic carbocycles. The Kier molecular flexibility index (Phi) is 3.71. The van der Waals surface area contributed by atoms with Crippen LogP contribution in [-0.2, 0) is 4.79 Å². The quantitative estimate of drug-likeness (QED) is 0.475. The van der Waals surface area contributed by atoms with Gasteiger partial charge in [-0.25, -0.2) is 0 Å². The van der Waals surface area contributed by atoms with Gasteiger partial charge in [0.2, 0.25) is 11.6 Å². The van der Waals surface area contributed by atoms with Crippen LogP contribution in [0.3, 0.4) is 0 Å². The number of rotatable bonds is 3. The van der Waals surface area contributed by atoms with Gasteiger partial charge in [-0.1, -0.05) is 15.9 Å². The van der Waals surface area contributed by atoms with Gasteiger partial charge in [0.15, 0.2) is 0 Å². The molecule has 0 saturated carbocycles. The molecule has 0 radical (unpaired) electrons. The van der Waals surface area contributed by atoms with Gasteiger partial charge in [-0.3, -0.25) is 29.9 Å². The van der Waals surface area contributed by atoms with Crippen molar-refractivity contribution in [3.8, 4) is 0 Å². The van der Waals surface area contributed by atoms with Crippen molar-refractivity contribution in [3.63, 3.8) is 0 Å². The number of anilines is 1. The molecule has 1 atom stereocenters. The fourth-order valence-electron chi connectivity index (χ4n) is 2.18. The van der Waals surface area contributed by atoms with Gasteiger partial charge in [0.1, 0.15) is 0 Å². The second-order valence-electron chi connectivity index (χ2n) is 4.47. The van der Waals surface area contributed by atoms with Crippen LogP contribution in [-0.4, -0.2) is 27.1 Å². The lowest BCUT2D eigenvalue weighted by Gasteiger charge is -2.16. The van der Waals surface area contributed by atoms with Crippen LogP contribution in [0.1, 0.15) is 12.0 Å². The first-order valence-corrected chi connectivity index (χ1v) is 6.60. The molecule has 1 saturated heterocycles. The van der Waals surface area contributed by atoms with Crippen molar-refractivity contribution in [3.05, 3.63) is 37.9 Å². The Hall–Kier alpha value is -2.03. The van der Waals surface area contributed by atoms with Crippen LogP contribution in [0.5, 0.6) is 0 Å². The van der Waals surface area contributed by atoms with Gasteiger partial charge in [-0.15, -0.1) is 0 Å². The molecule has 1 amide bonds. The van der Waals surface area contributed by atoms with Crippen molar-refractivity contribution < 1.29 is 14.6 Å². The molecule has 106 valence electrons. The summed E-state index contributed by atoms with van der Waals surface area (Å²) in [4.78, 5) is 33.7. The van der Waals surface area contributed by atoms with Crippen molar-refractivity contribution in [2.45, 2.75) is 18.2 Å². The largest absolute Gasteiger partial charge is 0.300 e. The van der Waals surface area contributed by atoms with E-state index in [0.29, 0.717) is 5.56 Å². The average Bonchev–Trinajstić information content (AvgIpc) is 2.66. The maximum Gasteiger partial charge on any atom is 0.300 e.